The summed E-state index contributed by atoms with van der Waals surface area (Å²) < 4.78 is 5.50. The lowest BCUT2D eigenvalue weighted by Crippen LogP contribution is -2.21. The van der Waals surface area contributed by atoms with E-state index in [2.05, 4.69) is 17.2 Å². The summed E-state index contributed by atoms with van der Waals surface area (Å²) >= 11 is 0. The lowest BCUT2D eigenvalue weighted by atomic mass is 9.94. The van der Waals surface area contributed by atoms with E-state index in [0.29, 0.717) is 35.3 Å². The van der Waals surface area contributed by atoms with Crippen molar-refractivity contribution in [2.24, 2.45) is 11.8 Å². The van der Waals surface area contributed by atoms with Gasteiger partial charge < -0.3 is 15.2 Å². The van der Waals surface area contributed by atoms with Gasteiger partial charge in [-0.25, -0.2) is 4.98 Å². The van der Waals surface area contributed by atoms with E-state index in [-0.39, 0.29) is 36.5 Å². The molecule has 0 spiro atoms. The highest BCUT2D eigenvalue weighted by molar-refractivity contribution is 6.00. The Balaban J connectivity index is 1.91. The number of aliphatic hydroxyl groups excluding tert-OH is 1. The molecule has 6 heteroatoms. The molecule has 1 aromatic heterocycles. The molecule has 3 atom stereocenters. The first-order valence-corrected chi connectivity index (χ1v) is 10.0. The average molecular weight is 396 g/mol. The molecule has 154 valence electrons. The summed E-state index contributed by atoms with van der Waals surface area (Å²) in [5.74, 6) is 1.31. The van der Waals surface area contributed by atoms with Crippen LogP contribution in [0.4, 0.5) is 0 Å². The molecule has 0 radical (unpaired) electrons. The van der Waals surface area contributed by atoms with Crippen LogP contribution in [0.1, 0.15) is 64.7 Å². The maximum atomic E-state index is 12.8. The van der Waals surface area contributed by atoms with Crippen LogP contribution in [0.3, 0.4) is 0 Å². The number of aliphatic hydroxyl groups is 1. The molecule has 1 saturated carbocycles. The van der Waals surface area contributed by atoms with E-state index in [4.69, 9.17) is 9.84 Å². The molecule has 1 heterocycles. The first kappa shape index (κ1) is 21.0. The van der Waals surface area contributed by atoms with Gasteiger partial charge in [0, 0.05) is 30.6 Å². The van der Waals surface area contributed by atoms with Crippen molar-refractivity contribution in [3.63, 3.8) is 0 Å². The monoisotopic (exact) mass is 396 g/mol. The van der Waals surface area contributed by atoms with E-state index in [1.54, 1.807) is 19.2 Å². The van der Waals surface area contributed by atoms with Crippen molar-refractivity contribution in [2.75, 3.05) is 20.3 Å². The van der Waals surface area contributed by atoms with Crippen molar-refractivity contribution in [1.29, 1.82) is 0 Å². The van der Waals surface area contributed by atoms with Crippen molar-refractivity contribution >= 4 is 11.7 Å². The normalized spacial score (nSPS) is 18.8. The molecule has 1 aromatic carbocycles. The third-order valence-electron chi connectivity index (χ3n) is 5.51. The Hall–Kier alpha value is -2.73. The van der Waals surface area contributed by atoms with Gasteiger partial charge in [-0.3, -0.25) is 9.59 Å². The number of benzene rings is 1. The van der Waals surface area contributed by atoms with E-state index >= 15 is 0 Å². The van der Waals surface area contributed by atoms with Crippen molar-refractivity contribution in [1.82, 2.24) is 10.3 Å². The number of aromatic nitrogens is 1. The minimum absolute atomic E-state index is 0.0550. The minimum Gasteiger partial charge on any atom is -0.491 e. The Morgan fingerprint density at radius 1 is 1.31 bits per heavy atom. The van der Waals surface area contributed by atoms with Gasteiger partial charge in [0.25, 0.3) is 5.91 Å². The zero-order chi connectivity index (χ0) is 21.0. The quantitative estimate of drug-likeness (QED) is 0.636. The fourth-order valence-corrected chi connectivity index (χ4v) is 3.43. The molecule has 3 rings (SSSR count). The molecule has 0 aliphatic heterocycles. The molecular formula is C23H28N2O4. The largest absolute Gasteiger partial charge is 0.491 e. The Kier molecular flexibility index (Phi) is 6.64. The molecule has 6 nitrogen and oxygen atoms in total. The number of ether oxygens (including phenoxy) is 1. The van der Waals surface area contributed by atoms with Crippen LogP contribution in [0, 0.1) is 11.8 Å². The topological polar surface area (TPSA) is 88.5 Å². The predicted molar refractivity (Wildman–Crippen MR) is 110 cm³/mol. The van der Waals surface area contributed by atoms with Crippen LogP contribution >= 0.6 is 0 Å². The van der Waals surface area contributed by atoms with Crippen LogP contribution in [-0.4, -0.2) is 42.0 Å². The number of nitrogens with zero attached hydrogens (tertiary/aromatic N) is 1. The lowest BCUT2D eigenvalue weighted by molar-refractivity contribution is 0.0958. The number of carbonyl (C=O) groups excluding carboxylic acids is 2. The number of rotatable bonds is 9. The van der Waals surface area contributed by atoms with Crippen LogP contribution in [0.15, 0.2) is 36.4 Å². The Morgan fingerprint density at radius 3 is 2.72 bits per heavy atom. The molecular weight excluding hydrogens is 368 g/mol. The van der Waals surface area contributed by atoms with E-state index in [9.17, 15) is 9.59 Å². The highest BCUT2D eigenvalue weighted by Gasteiger charge is 2.34. The highest BCUT2D eigenvalue weighted by Crippen LogP contribution is 2.41. The van der Waals surface area contributed by atoms with Gasteiger partial charge in [-0.15, -0.1) is 0 Å². The zero-order valence-corrected chi connectivity index (χ0v) is 17.1. The second-order valence-electron chi connectivity index (χ2n) is 7.71. The molecule has 29 heavy (non-hydrogen) atoms. The third kappa shape index (κ3) is 5.21. The summed E-state index contributed by atoms with van der Waals surface area (Å²) in [5, 5.41) is 11.5. The summed E-state index contributed by atoms with van der Waals surface area (Å²) in [7, 11) is 1.55. The summed E-state index contributed by atoms with van der Waals surface area (Å²) in [6.45, 7) is 4.30. The fraction of sp³-hybridized carbons (Fsp3) is 0.435. The van der Waals surface area contributed by atoms with Gasteiger partial charge in [0.05, 0.1) is 6.61 Å². The van der Waals surface area contributed by atoms with Gasteiger partial charge in [0.2, 0.25) is 0 Å². The predicted octanol–water partition coefficient (Wildman–Crippen LogP) is 3.19. The van der Waals surface area contributed by atoms with Crippen LogP contribution in [-0.2, 0) is 0 Å². The molecule has 0 saturated heterocycles. The molecule has 1 fully saturated rings. The van der Waals surface area contributed by atoms with Crippen molar-refractivity contribution in [2.45, 2.75) is 32.6 Å². The van der Waals surface area contributed by atoms with Gasteiger partial charge in [-0.05, 0) is 48.1 Å². The van der Waals surface area contributed by atoms with E-state index in [1.165, 1.54) is 0 Å². The van der Waals surface area contributed by atoms with Gasteiger partial charge >= 0.3 is 0 Å². The van der Waals surface area contributed by atoms with Crippen molar-refractivity contribution in [3.05, 3.63) is 58.9 Å². The minimum atomic E-state index is -0.312. The van der Waals surface area contributed by atoms with Gasteiger partial charge in [-0.2, -0.15) is 0 Å². The maximum absolute atomic E-state index is 12.8. The second-order valence-corrected chi connectivity index (χ2v) is 7.71. The lowest BCUT2D eigenvalue weighted by Gasteiger charge is -2.15. The van der Waals surface area contributed by atoms with Crippen LogP contribution in [0.5, 0.6) is 5.75 Å². The fourth-order valence-electron chi connectivity index (χ4n) is 3.43. The molecule has 1 aliphatic carbocycles. The standard InChI is InChI=1S/C23H28N2O4/c1-14-9-17(14)13-22(27)18-11-20(25-21(12-18)23(28)24-3)15(2)16-5-4-6-19(10-16)29-8-7-26/h4-6,10-12,14-15,17,26H,7-9,13H2,1-3H3,(H,24,28)/t14-,15?,17+/m0/s1. The van der Waals surface area contributed by atoms with Gasteiger partial charge in [0.1, 0.15) is 18.1 Å². The Bertz CT molecular complexity index is 896. The van der Waals surface area contributed by atoms with Crippen molar-refractivity contribution in [3.8, 4) is 5.75 Å². The van der Waals surface area contributed by atoms with Crippen molar-refractivity contribution < 1.29 is 19.4 Å². The summed E-state index contributed by atoms with van der Waals surface area (Å²) in [6.07, 6.45) is 1.60. The summed E-state index contributed by atoms with van der Waals surface area (Å²) in [4.78, 5) is 29.5. The van der Waals surface area contributed by atoms with E-state index < -0.39 is 0 Å². The SMILES string of the molecule is CNC(=O)c1cc(C(=O)C[C@H]2C[C@@H]2C)cc(C(C)c2cccc(OCCO)c2)n1. The number of pyridine rings is 1. The van der Waals surface area contributed by atoms with Gasteiger partial charge in [0.15, 0.2) is 5.78 Å². The smallest absolute Gasteiger partial charge is 0.269 e. The van der Waals surface area contributed by atoms with E-state index in [0.717, 1.165) is 12.0 Å². The molecule has 1 aliphatic rings. The number of hydrogen-bond donors (Lipinski definition) is 2. The number of nitrogens with one attached hydrogen (secondary N) is 1. The molecule has 2 aromatic rings. The Morgan fingerprint density at radius 2 is 2.07 bits per heavy atom. The number of ketones is 1. The van der Waals surface area contributed by atoms with E-state index in [1.807, 2.05) is 31.2 Å². The third-order valence-corrected chi connectivity index (χ3v) is 5.51. The second kappa shape index (κ2) is 9.18. The molecule has 1 amide bonds. The number of carbonyl (C=O) groups is 2. The average Bonchev–Trinajstić information content (AvgIpc) is 3.44. The van der Waals surface area contributed by atoms with Crippen LogP contribution < -0.4 is 10.1 Å². The molecule has 0 bridgehead atoms. The number of amides is 1. The summed E-state index contributed by atoms with van der Waals surface area (Å²) in [5.41, 5.74) is 2.40. The molecule has 1 unspecified atom stereocenters. The Labute approximate surface area is 171 Å². The first-order chi connectivity index (χ1) is 13.9. The van der Waals surface area contributed by atoms with Crippen LogP contribution in [0.2, 0.25) is 0 Å². The maximum Gasteiger partial charge on any atom is 0.269 e. The van der Waals surface area contributed by atoms with Crippen LogP contribution in [0.25, 0.3) is 0 Å². The summed E-state index contributed by atoms with van der Waals surface area (Å²) in [6, 6.07) is 10.9. The first-order valence-electron chi connectivity index (χ1n) is 10.0. The highest BCUT2D eigenvalue weighted by atomic mass is 16.5. The zero-order valence-electron chi connectivity index (χ0n) is 17.1. The number of hydrogen-bond acceptors (Lipinski definition) is 5. The molecule has 2 N–H and O–H groups in total. The van der Waals surface area contributed by atoms with Gasteiger partial charge in [-0.1, -0.05) is 26.0 Å². The number of Topliss-reactive ketones (excluding diaryl/α,β-unsaturated/α-hetero) is 1.